The number of aliphatic hydroxyl groups excluding tert-OH is 2. The van der Waals surface area contributed by atoms with Crippen LogP contribution in [0.15, 0.2) is 112 Å². The second kappa shape index (κ2) is 22.4. The number of thioether (sulfide) groups is 1. The van der Waals surface area contributed by atoms with Crippen LogP contribution in [0.25, 0.3) is 0 Å². The van der Waals surface area contributed by atoms with Gasteiger partial charge in [-0.1, -0.05) is 55.3 Å². The topological polar surface area (TPSA) is 156 Å². The van der Waals surface area contributed by atoms with Crippen LogP contribution in [0.2, 0.25) is 0 Å². The molecule has 0 spiro atoms. The molecule has 62 heavy (non-hydrogen) atoms. The maximum atomic E-state index is 15.1. The first-order valence-electron chi connectivity index (χ1n) is 22.0. The number of hydrogen-bond donors (Lipinski definition) is 3. The maximum absolute atomic E-state index is 15.1. The largest absolute Gasteiger partial charge is 0.493 e. The smallest absolute Gasteiger partial charge is 0.243 e. The first-order chi connectivity index (χ1) is 30.1. The molecule has 6 unspecified atom stereocenters. The summed E-state index contributed by atoms with van der Waals surface area (Å²) in [4.78, 5) is 18.9. The number of aliphatic hydroxyl groups is 2. The molecule has 6 atom stereocenters. The van der Waals surface area contributed by atoms with E-state index in [9.17, 15) is 15.0 Å². The van der Waals surface area contributed by atoms with Crippen molar-refractivity contribution in [1.29, 1.82) is 0 Å². The van der Waals surface area contributed by atoms with E-state index in [2.05, 4.69) is 36.2 Å². The number of sulfonamides is 1. The van der Waals surface area contributed by atoms with Gasteiger partial charge in [-0.25, -0.2) is 8.42 Å². The molecule has 6 rings (SSSR count). The Bertz CT molecular complexity index is 2110. The number of fused-ring (bicyclic) bond motifs is 2. The molecule has 0 bridgehead atoms. The van der Waals surface area contributed by atoms with E-state index in [1.807, 2.05) is 44.2 Å². The van der Waals surface area contributed by atoms with Crippen LogP contribution in [0.1, 0.15) is 83.6 Å². The normalized spacial score (nSPS) is 23.5. The number of anilines is 1. The monoisotopic (exact) mass is 889 g/mol. The van der Waals surface area contributed by atoms with Gasteiger partial charge in [-0.05, 0) is 111 Å². The molecule has 3 aliphatic rings. The summed E-state index contributed by atoms with van der Waals surface area (Å²) in [5.41, 5.74) is 2.98. The summed E-state index contributed by atoms with van der Waals surface area (Å²) in [5.74, 6) is -0.454. The summed E-state index contributed by atoms with van der Waals surface area (Å²) >= 11 is 1.73. The van der Waals surface area contributed by atoms with Crippen molar-refractivity contribution in [3.63, 3.8) is 0 Å². The minimum absolute atomic E-state index is 0.0249. The fraction of sp³-hybridized carbons (Fsp3) is 0.500. The quantitative estimate of drug-likeness (QED) is 0.0345. The zero-order valence-corrected chi connectivity index (χ0v) is 37.9. The van der Waals surface area contributed by atoms with E-state index >= 15 is 8.42 Å². The molecule has 1 saturated carbocycles. The fourth-order valence-electron chi connectivity index (χ4n) is 9.40. The van der Waals surface area contributed by atoms with Crippen LogP contribution >= 0.6 is 11.8 Å². The van der Waals surface area contributed by atoms with Crippen molar-refractivity contribution in [3.8, 4) is 11.5 Å². The van der Waals surface area contributed by atoms with Crippen molar-refractivity contribution in [1.82, 2.24) is 4.31 Å². The summed E-state index contributed by atoms with van der Waals surface area (Å²) in [6.45, 7) is 10.4. The van der Waals surface area contributed by atoms with E-state index in [-0.39, 0.29) is 61.3 Å². The van der Waals surface area contributed by atoms with E-state index in [4.69, 9.17) is 24.2 Å². The molecule has 1 amide bonds. The van der Waals surface area contributed by atoms with Crippen LogP contribution in [-0.4, -0.2) is 91.7 Å². The highest BCUT2D eigenvalue weighted by atomic mass is 32.2. The van der Waals surface area contributed by atoms with Gasteiger partial charge in [0, 0.05) is 60.9 Å². The molecule has 2 aliphatic carbocycles. The summed E-state index contributed by atoms with van der Waals surface area (Å²) in [5, 5.41) is 27.3. The molecule has 3 N–H and O–H groups in total. The minimum Gasteiger partial charge on any atom is -0.493 e. The number of carbonyl (C=O) groups is 1. The van der Waals surface area contributed by atoms with Gasteiger partial charge in [-0.2, -0.15) is 4.31 Å². The van der Waals surface area contributed by atoms with Crippen molar-refractivity contribution in [2.45, 2.75) is 99.7 Å². The van der Waals surface area contributed by atoms with Crippen molar-refractivity contribution in [2.75, 3.05) is 50.6 Å². The highest BCUT2D eigenvalue weighted by Gasteiger charge is 2.66. The Morgan fingerprint density at radius 3 is 2.45 bits per heavy atom. The lowest BCUT2D eigenvalue weighted by Gasteiger charge is -2.59. The third-order valence-corrected chi connectivity index (χ3v) is 14.8. The number of rotatable bonds is 24. The predicted octanol–water partition coefficient (Wildman–Crippen LogP) is 8.57. The molecule has 0 aromatic heterocycles. The lowest BCUT2D eigenvalue weighted by Crippen LogP contribution is -2.70. The number of amides is 1. The van der Waals surface area contributed by atoms with E-state index in [1.165, 1.54) is 28.3 Å². The van der Waals surface area contributed by atoms with Crippen molar-refractivity contribution < 1.29 is 42.5 Å². The molecule has 1 fully saturated rings. The van der Waals surface area contributed by atoms with Gasteiger partial charge in [-0.15, -0.1) is 18.3 Å². The molecule has 3 aromatic rings. The first kappa shape index (κ1) is 47.3. The Hall–Kier alpha value is -4.18. The van der Waals surface area contributed by atoms with E-state index in [0.717, 1.165) is 42.6 Å². The molecule has 14 heteroatoms. The molecular formula is C48H63N3O9S2. The molecule has 336 valence electrons. The number of ether oxygens (including phenoxy) is 3. The van der Waals surface area contributed by atoms with Crippen LogP contribution in [0, 0.1) is 17.8 Å². The van der Waals surface area contributed by atoms with Gasteiger partial charge in [0.1, 0.15) is 18.1 Å². The molecular weight excluding hydrogens is 827 g/mol. The molecule has 0 saturated heterocycles. The average molecular weight is 890 g/mol. The third-order valence-electron chi connectivity index (χ3n) is 11.9. The zero-order valence-electron chi connectivity index (χ0n) is 36.2. The van der Waals surface area contributed by atoms with Gasteiger partial charge in [0.15, 0.2) is 0 Å². The minimum atomic E-state index is -4.22. The van der Waals surface area contributed by atoms with E-state index < -0.39 is 27.8 Å². The number of benzene rings is 3. The number of hydrogen-bond acceptors (Lipinski definition) is 11. The number of nitrogens with one attached hydrogen (secondary N) is 1. The van der Waals surface area contributed by atoms with Crippen LogP contribution < -0.4 is 14.8 Å². The predicted molar refractivity (Wildman–Crippen MR) is 244 cm³/mol. The van der Waals surface area contributed by atoms with Crippen LogP contribution in [0.4, 0.5) is 5.69 Å². The Balaban J connectivity index is 1.53. The van der Waals surface area contributed by atoms with Crippen LogP contribution in [-0.2, 0) is 24.4 Å². The summed E-state index contributed by atoms with van der Waals surface area (Å²) < 4.78 is 52.5. The summed E-state index contributed by atoms with van der Waals surface area (Å²) in [6.07, 6.45) is 9.09. The summed E-state index contributed by atoms with van der Waals surface area (Å²) in [7, 11) is -4.22. The fourth-order valence-corrected chi connectivity index (χ4v) is 11.9. The first-order valence-corrected chi connectivity index (χ1v) is 24.4. The lowest BCUT2D eigenvalue weighted by molar-refractivity contribution is -0.251. The Labute approximate surface area is 371 Å². The molecule has 3 aromatic carbocycles. The lowest BCUT2D eigenvalue weighted by atomic mass is 9.55. The van der Waals surface area contributed by atoms with E-state index in [1.54, 1.807) is 30.0 Å². The van der Waals surface area contributed by atoms with Gasteiger partial charge in [0.2, 0.25) is 21.7 Å². The Morgan fingerprint density at radius 1 is 1.03 bits per heavy atom. The van der Waals surface area contributed by atoms with Crippen molar-refractivity contribution in [3.05, 3.63) is 103 Å². The summed E-state index contributed by atoms with van der Waals surface area (Å²) in [6, 6.07) is 21.4. The van der Waals surface area contributed by atoms with Gasteiger partial charge in [0.05, 0.1) is 35.8 Å². The number of carbonyl (C=O) groups excluding carboxylic acids is 1. The number of unbranched alkanes of at least 4 members (excludes halogenated alkanes) is 2. The average Bonchev–Trinajstić information content (AvgIpc) is 3.27. The molecule has 1 aliphatic heterocycles. The van der Waals surface area contributed by atoms with Gasteiger partial charge in [-0.3, -0.25) is 4.79 Å². The van der Waals surface area contributed by atoms with Crippen LogP contribution in [0.3, 0.4) is 0 Å². The van der Waals surface area contributed by atoms with Gasteiger partial charge >= 0.3 is 0 Å². The van der Waals surface area contributed by atoms with Crippen LogP contribution in [0.5, 0.6) is 11.5 Å². The molecule has 12 nitrogen and oxygen atoms in total. The van der Waals surface area contributed by atoms with Crippen molar-refractivity contribution in [2.24, 2.45) is 22.9 Å². The van der Waals surface area contributed by atoms with E-state index in [0.29, 0.717) is 55.4 Å². The second-order valence-corrected chi connectivity index (χ2v) is 19.1. The third kappa shape index (κ3) is 10.8. The number of allylic oxidation sites excluding steroid dienone is 1. The van der Waals surface area contributed by atoms with Crippen molar-refractivity contribution >= 4 is 39.1 Å². The maximum Gasteiger partial charge on any atom is 0.243 e. The number of oxime groups is 1. The molecule has 1 heterocycles. The highest BCUT2D eigenvalue weighted by Crippen LogP contribution is 2.62. The SMILES string of the molecule is C=CCOC12Oc3ccc(OCCSc4ccccc4)cc3C3C(CCCCO)C(CCCCO)C=C(C(=NOCC)CC1N(CCC)S(=O)(=O)c1ccc(NC(C)=O)cc1)C32. The van der Waals surface area contributed by atoms with Gasteiger partial charge in [0.25, 0.3) is 0 Å². The highest BCUT2D eigenvalue weighted by molar-refractivity contribution is 7.99. The zero-order chi connectivity index (χ0) is 44.1. The number of nitrogens with zero attached hydrogens (tertiary/aromatic N) is 2. The standard InChI is InChI=1S/C48H63N3O9S2/c1-5-25-51(62(55,56)39-22-19-36(20-23-39)49-34(4)54)45-33-43(50-59-7-3)41-31-35(15-11-13-26-52)40(18-12-14-27-53)46-42-32-37(57-29-30-61-38-16-9-8-10-17-38)21-24-44(42)60-48(45,47(41)46)58-28-6-2/h6,8-10,16-17,19-24,31-32,35,40,45-47,52-53H,2,5,7,11-15,18,25-30,33H2,1,3-4H3,(H,49,54). The second-order valence-electron chi connectivity index (χ2n) is 16.0. The van der Waals surface area contributed by atoms with Gasteiger partial charge < -0.3 is 34.6 Å². The molecule has 0 radical (unpaired) electrons. The Morgan fingerprint density at radius 2 is 1.77 bits per heavy atom. The Kier molecular flexibility index (Phi) is 17.1.